The fourth-order valence-corrected chi connectivity index (χ4v) is 6.86. The van der Waals surface area contributed by atoms with Crippen molar-refractivity contribution in [2.75, 3.05) is 5.75 Å². The van der Waals surface area contributed by atoms with Crippen molar-refractivity contribution in [1.29, 1.82) is 0 Å². The fourth-order valence-electron chi connectivity index (χ4n) is 4.75. The molecule has 1 atom stereocenters. The molecule has 0 saturated heterocycles. The molecule has 3 aromatic carbocycles. The Morgan fingerprint density at radius 1 is 0.897 bits per heavy atom. The van der Waals surface area contributed by atoms with Crippen LogP contribution in [-0.2, 0) is 28.3 Å². The smallest absolute Gasteiger partial charge is 0.243 e. The number of nitrogens with one attached hydrogen (secondary N) is 1. The lowest BCUT2D eigenvalue weighted by atomic mass is 10.0. The molecule has 206 valence electrons. The average molecular weight is 624 g/mol. The van der Waals surface area contributed by atoms with E-state index in [2.05, 4.69) is 5.32 Å². The van der Waals surface area contributed by atoms with Gasteiger partial charge in [-0.15, -0.1) is 11.8 Å². The van der Waals surface area contributed by atoms with Crippen molar-refractivity contribution in [2.45, 2.75) is 56.5 Å². The van der Waals surface area contributed by atoms with Crippen LogP contribution in [0.4, 0.5) is 0 Å². The SMILES string of the molecule is O=C(NC1CCCC1)C(Cc1ccccc1)N(Cc1ccc(Cl)cc1Cl)C(=O)CSCc1c(Cl)cccc1Cl. The normalized spacial score (nSPS) is 14.3. The maximum atomic E-state index is 13.8. The highest BCUT2D eigenvalue weighted by Gasteiger charge is 2.32. The van der Waals surface area contributed by atoms with Crippen molar-refractivity contribution < 1.29 is 9.59 Å². The Labute approximate surface area is 254 Å². The van der Waals surface area contributed by atoms with Gasteiger partial charge >= 0.3 is 0 Å². The predicted molar refractivity (Wildman–Crippen MR) is 164 cm³/mol. The van der Waals surface area contributed by atoms with Crippen LogP contribution in [0.3, 0.4) is 0 Å². The van der Waals surface area contributed by atoms with Gasteiger partial charge in [0.1, 0.15) is 6.04 Å². The molecule has 0 radical (unpaired) electrons. The van der Waals surface area contributed by atoms with E-state index in [1.54, 1.807) is 41.3 Å². The Balaban J connectivity index is 1.60. The second kappa shape index (κ2) is 14.7. The van der Waals surface area contributed by atoms with Gasteiger partial charge in [-0.25, -0.2) is 0 Å². The molecule has 0 heterocycles. The van der Waals surface area contributed by atoms with Crippen LogP contribution in [0.5, 0.6) is 0 Å². The van der Waals surface area contributed by atoms with Crippen LogP contribution >= 0.6 is 58.2 Å². The highest BCUT2D eigenvalue weighted by atomic mass is 35.5. The lowest BCUT2D eigenvalue weighted by molar-refractivity contribution is -0.139. The Kier molecular flexibility index (Phi) is 11.3. The van der Waals surface area contributed by atoms with Gasteiger partial charge in [-0.2, -0.15) is 0 Å². The van der Waals surface area contributed by atoms with Crippen LogP contribution in [0.15, 0.2) is 66.7 Å². The van der Waals surface area contributed by atoms with Gasteiger partial charge in [-0.3, -0.25) is 9.59 Å². The van der Waals surface area contributed by atoms with Crippen molar-refractivity contribution in [3.8, 4) is 0 Å². The second-order valence-electron chi connectivity index (χ2n) is 9.65. The lowest BCUT2D eigenvalue weighted by Gasteiger charge is -2.32. The Morgan fingerprint density at radius 2 is 1.59 bits per heavy atom. The predicted octanol–water partition coefficient (Wildman–Crippen LogP) is 8.23. The number of carbonyl (C=O) groups excluding carboxylic acids is 2. The zero-order valence-corrected chi connectivity index (χ0v) is 25.2. The van der Waals surface area contributed by atoms with Gasteiger partial charge in [0.05, 0.1) is 5.75 Å². The number of carbonyl (C=O) groups is 2. The van der Waals surface area contributed by atoms with E-state index in [-0.39, 0.29) is 30.2 Å². The second-order valence-corrected chi connectivity index (χ2v) is 12.3. The number of nitrogens with zero attached hydrogens (tertiary/aromatic N) is 1. The van der Waals surface area contributed by atoms with Gasteiger partial charge in [0.25, 0.3) is 0 Å². The molecule has 1 N–H and O–H groups in total. The number of amides is 2. The van der Waals surface area contributed by atoms with E-state index in [9.17, 15) is 9.59 Å². The first kappa shape index (κ1) is 30.1. The summed E-state index contributed by atoms with van der Waals surface area (Å²) in [6.45, 7) is 0.178. The average Bonchev–Trinajstić information content (AvgIpc) is 3.42. The molecule has 0 aliphatic heterocycles. The molecule has 39 heavy (non-hydrogen) atoms. The first-order valence-corrected chi connectivity index (χ1v) is 15.6. The van der Waals surface area contributed by atoms with E-state index in [1.807, 2.05) is 30.3 Å². The van der Waals surface area contributed by atoms with Crippen LogP contribution in [0, 0.1) is 0 Å². The fraction of sp³-hybridized carbons (Fsp3) is 0.333. The Bertz CT molecular complexity index is 1260. The van der Waals surface area contributed by atoms with E-state index < -0.39 is 6.04 Å². The molecule has 2 amide bonds. The summed E-state index contributed by atoms with van der Waals surface area (Å²) < 4.78 is 0. The van der Waals surface area contributed by atoms with Gasteiger partial charge in [0, 0.05) is 44.9 Å². The van der Waals surface area contributed by atoms with Crippen molar-refractivity contribution in [3.05, 3.63) is 104 Å². The molecule has 0 bridgehead atoms. The molecule has 4 rings (SSSR count). The van der Waals surface area contributed by atoms with Gasteiger partial charge < -0.3 is 10.2 Å². The number of hydrogen-bond acceptors (Lipinski definition) is 3. The minimum atomic E-state index is -0.711. The monoisotopic (exact) mass is 622 g/mol. The molecule has 1 fully saturated rings. The highest BCUT2D eigenvalue weighted by molar-refractivity contribution is 7.99. The largest absolute Gasteiger partial charge is 0.352 e. The highest BCUT2D eigenvalue weighted by Crippen LogP contribution is 2.29. The number of thioether (sulfide) groups is 1. The summed E-state index contributed by atoms with van der Waals surface area (Å²) in [4.78, 5) is 29.3. The third-order valence-electron chi connectivity index (χ3n) is 6.86. The quantitative estimate of drug-likeness (QED) is 0.234. The van der Waals surface area contributed by atoms with Crippen molar-refractivity contribution >= 4 is 70.0 Å². The van der Waals surface area contributed by atoms with E-state index in [0.717, 1.165) is 42.4 Å². The van der Waals surface area contributed by atoms with Crippen LogP contribution in [-0.4, -0.2) is 34.6 Å². The number of hydrogen-bond donors (Lipinski definition) is 1. The minimum absolute atomic E-state index is 0.128. The summed E-state index contributed by atoms with van der Waals surface area (Å²) in [7, 11) is 0. The van der Waals surface area contributed by atoms with E-state index in [1.165, 1.54) is 11.8 Å². The molecule has 1 aliphatic rings. The van der Waals surface area contributed by atoms with Gasteiger partial charge in [0.15, 0.2) is 0 Å². The topological polar surface area (TPSA) is 49.4 Å². The zero-order chi connectivity index (χ0) is 27.8. The van der Waals surface area contributed by atoms with Crippen LogP contribution < -0.4 is 5.32 Å². The maximum absolute atomic E-state index is 13.8. The Hall–Kier alpha value is -1.89. The third-order valence-corrected chi connectivity index (χ3v) is 9.10. The molecule has 0 aromatic heterocycles. The Morgan fingerprint density at radius 3 is 2.26 bits per heavy atom. The zero-order valence-electron chi connectivity index (χ0n) is 21.3. The third kappa shape index (κ3) is 8.55. The first-order valence-electron chi connectivity index (χ1n) is 12.9. The number of halogens is 4. The molecule has 9 heteroatoms. The molecular formula is C30H30Cl4N2O2S. The van der Waals surface area contributed by atoms with Gasteiger partial charge in [0.2, 0.25) is 11.8 Å². The van der Waals surface area contributed by atoms with E-state index in [0.29, 0.717) is 32.3 Å². The van der Waals surface area contributed by atoms with Gasteiger partial charge in [-0.05, 0) is 53.8 Å². The number of benzene rings is 3. The molecule has 1 aliphatic carbocycles. The maximum Gasteiger partial charge on any atom is 0.243 e. The molecule has 3 aromatic rings. The van der Waals surface area contributed by atoms with Gasteiger partial charge in [-0.1, -0.05) is 102 Å². The van der Waals surface area contributed by atoms with Crippen LogP contribution in [0.2, 0.25) is 20.1 Å². The summed E-state index contributed by atoms with van der Waals surface area (Å²) in [5, 5.41) is 5.29. The molecular weight excluding hydrogens is 594 g/mol. The summed E-state index contributed by atoms with van der Waals surface area (Å²) in [5.74, 6) is 0.298. The van der Waals surface area contributed by atoms with Crippen LogP contribution in [0.25, 0.3) is 0 Å². The summed E-state index contributed by atoms with van der Waals surface area (Å²) in [6.07, 6.45) is 4.49. The van der Waals surface area contributed by atoms with E-state index in [4.69, 9.17) is 46.4 Å². The van der Waals surface area contributed by atoms with E-state index >= 15 is 0 Å². The van der Waals surface area contributed by atoms with Crippen LogP contribution in [0.1, 0.15) is 42.4 Å². The molecule has 1 unspecified atom stereocenters. The molecule has 1 saturated carbocycles. The number of rotatable bonds is 11. The minimum Gasteiger partial charge on any atom is -0.352 e. The van der Waals surface area contributed by atoms with Crippen molar-refractivity contribution in [2.24, 2.45) is 0 Å². The first-order chi connectivity index (χ1) is 18.8. The standard InChI is InChI=1S/C30H30Cl4N2O2S/c31-22-14-13-21(27(34)16-22)17-36(29(37)19-39-18-24-25(32)11-6-12-26(24)33)28(15-20-7-2-1-3-8-20)30(38)35-23-9-4-5-10-23/h1-3,6-8,11-14,16,23,28H,4-5,9-10,15,17-19H2,(H,35,38). The molecule has 4 nitrogen and oxygen atoms in total. The van der Waals surface area contributed by atoms with Crippen molar-refractivity contribution in [1.82, 2.24) is 10.2 Å². The summed E-state index contributed by atoms with van der Waals surface area (Å²) in [5.41, 5.74) is 2.48. The molecule has 0 spiro atoms. The van der Waals surface area contributed by atoms with Crippen molar-refractivity contribution in [3.63, 3.8) is 0 Å². The lowest BCUT2D eigenvalue weighted by Crippen LogP contribution is -2.52. The summed E-state index contributed by atoms with van der Waals surface area (Å²) >= 11 is 26.7. The summed E-state index contributed by atoms with van der Waals surface area (Å²) in [6, 6.07) is 19.7.